The van der Waals surface area contributed by atoms with Crippen molar-refractivity contribution in [1.29, 1.82) is 0 Å². The van der Waals surface area contributed by atoms with Gasteiger partial charge in [-0.2, -0.15) is 0 Å². The number of aliphatic imine (C=N–C) groups is 1. The van der Waals surface area contributed by atoms with Crippen LogP contribution in [0.3, 0.4) is 0 Å². The Bertz CT molecular complexity index is 725. The number of rotatable bonds is 4. The van der Waals surface area contributed by atoms with E-state index >= 15 is 0 Å². The lowest BCUT2D eigenvalue weighted by molar-refractivity contribution is 0.349. The molecule has 0 aromatic heterocycles. The molecule has 23 heavy (non-hydrogen) atoms. The molecular weight excluding hydrogens is 374 g/mol. The van der Waals surface area contributed by atoms with Crippen LogP contribution in [0.15, 0.2) is 41.4 Å². The van der Waals surface area contributed by atoms with Crippen molar-refractivity contribution in [1.82, 2.24) is 4.90 Å². The van der Waals surface area contributed by atoms with Crippen molar-refractivity contribution in [3.05, 3.63) is 67.6 Å². The number of benzene rings is 2. The van der Waals surface area contributed by atoms with Gasteiger partial charge < -0.3 is 4.90 Å². The molecule has 1 atom stereocenters. The Morgan fingerprint density at radius 3 is 2.43 bits per heavy atom. The summed E-state index contributed by atoms with van der Waals surface area (Å²) in [4.78, 5) is 6.49. The van der Waals surface area contributed by atoms with Gasteiger partial charge in [-0.25, -0.2) is 0 Å². The molecule has 0 radical (unpaired) electrons. The second-order valence-electron chi connectivity index (χ2n) is 5.40. The molecule has 6 heteroatoms. The highest BCUT2D eigenvalue weighted by atomic mass is 35.5. The van der Waals surface area contributed by atoms with Crippen molar-refractivity contribution in [3.63, 3.8) is 0 Å². The molecular formula is C17H14Cl4N2. The fourth-order valence-corrected chi connectivity index (χ4v) is 3.77. The molecule has 1 aliphatic rings. The van der Waals surface area contributed by atoms with Crippen molar-refractivity contribution >= 4 is 52.7 Å². The fourth-order valence-electron chi connectivity index (χ4n) is 2.77. The van der Waals surface area contributed by atoms with E-state index in [1.54, 1.807) is 12.1 Å². The van der Waals surface area contributed by atoms with E-state index in [9.17, 15) is 0 Å². The van der Waals surface area contributed by atoms with Gasteiger partial charge in [-0.1, -0.05) is 58.5 Å². The molecule has 1 unspecified atom stereocenters. The molecule has 0 saturated carbocycles. The normalized spacial score (nSPS) is 15.2. The average Bonchev–Trinajstić information content (AvgIpc) is 3.01. The van der Waals surface area contributed by atoms with Gasteiger partial charge in [0.25, 0.3) is 0 Å². The monoisotopic (exact) mass is 386 g/mol. The van der Waals surface area contributed by atoms with Gasteiger partial charge in [0.1, 0.15) is 0 Å². The van der Waals surface area contributed by atoms with Crippen molar-refractivity contribution in [3.8, 4) is 0 Å². The Morgan fingerprint density at radius 2 is 1.78 bits per heavy atom. The van der Waals surface area contributed by atoms with E-state index in [2.05, 4.69) is 9.89 Å². The van der Waals surface area contributed by atoms with Crippen LogP contribution in [0.4, 0.5) is 0 Å². The van der Waals surface area contributed by atoms with Crippen LogP contribution >= 0.6 is 46.4 Å². The molecule has 0 saturated heterocycles. The van der Waals surface area contributed by atoms with Gasteiger partial charge in [0.2, 0.25) is 0 Å². The third kappa shape index (κ3) is 3.95. The van der Waals surface area contributed by atoms with Crippen LogP contribution in [0.5, 0.6) is 0 Å². The van der Waals surface area contributed by atoms with Crippen LogP contribution in [-0.2, 0) is 6.42 Å². The minimum absolute atomic E-state index is 0.0296. The zero-order valence-electron chi connectivity index (χ0n) is 12.1. The van der Waals surface area contributed by atoms with Crippen LogP contribution in [-0.4, -0.2) is 24.3 Å². The summed E-state index contributed by atoms with van der Waals surface area (Å²) in [6, 6.07) is 11.3. The first-order valence-electron chi connectivity index (χ1n) is 7.19. The Balaban J connectivity index is 1.98. The number of nitrogens with zero attached hydrogens (tertiary/aromatic N) is 2. The Labute approximate surface area is 155 Å². The smallest absolute Gasteiger partial charge is 0.0856 e. The van der Waals surface area contributed by atoms with Gasteiger partial charge in [-0.3, -0.25) is 4.99 Å². The average molecular weight is 388 g/mol. The van der Waals surface area contributed by atoms with E-state index in [1.165, 1.54) is 0 Å². The third-order valence-electron chi connectivity index (χ3n) is 3.81. The highest BCUT2D eigenvalue weighted by Gasteiger charge is 2.24. The highest BCUT2D eigenvalue weighted by Crippen LogP contribution is 2.35. The van der Waals surface area contributed by atoms with Gasteiger partial charge in [0, 0.05) is 16.6 Å². The number of hydrogen-bond donors (Lipinski definition) is 0. The number of halogens is 4. The molecule has 3 rings (SSSR count). The SMILES string of the molecule is Clc1cc(Cl)cc(CC(c2cccc(Cl)c2Cl)N2C=NCC2)c1. The van der Waals surface area contributed by atoms with Crippen LogP contribution in [0.25, 0.3) is 0 Å². The van der Waals surface area contributed by atoms with Crippen molar-refractivity contribution < 1.29 is 0 Å². The van der Waals surface area contributed by atoms with E-state index in [0.717, 1.165) is 24.2 Å². The van der Waals surface area contributed by atoms with Crippen LogP contribution in [0, 0.1) is 0 Å². The van der Waals surface area contributed by atoms with Crippen LogP contribution in [0.1, 0.15) is 17.2 Å². The van der Waals surface area contributed by atoms with E-state index in [0.29, 0.717) is 26.5 Å². The predicted molar refractivity (Wildman–Crippen MR) is 99.4 cm³/mol. The molecule has 0 aliphatic carbocycles. The van der Waals surface area contributed by atoms with Crippen molar-refractivity contribution in [2.45, 2.75) is 12.5 Å². The lowest BCUT2D eigenvalue weighted by Crippen LogP contribution is -2.28. The minimum atomic E-state index is 0.0296. The summed E-state index contributed by atoms with van der Waals surface area (Å²) in [5.41, 5.74) is 2.02. The van der Waals surface area contributed by atoms with E-state index in [-0.39, 0.29) is 6.04 Å². The van der Waals surface area contributed by atoms with Gasteiger partial charge in [-0.05, 0) is 41.8 Å². The molecule has 2 nitrogen and oxygen atoms in total. The first-order chi connectivity index (χ1) is 11.0. The maximum Gasteiger partial charge on any atom is 0.0856 e. The Hall–Kier alpha value is -0.930. The van der Waals surface area contributed by atoms with Gasteiger partial charge in [-0.15, -0.1) is 0 Å². The van der Waals surface area contributed by atoms with E-state index in [1.807, 2.05) is 30.6 Å². The molecule has 2 aromatic carbocycles. The van der Waals surface area contributed by atoms with Gasteiger partial charge in [0.05, 0.1) is 29.0 Å². The maximum atomic E-state index is 6.44. The molecule has 0 bridgehead atoms. The molecule has 0 N–H and O–H groups in total. The van der Waals surface area contributed by atoms with Crippen molar-refractivity contribution in [2.24, 2.45) is 4.99 Å². The molecule has 0 amide bonds. The third-order valence-corrected chi connectivity index (χ3v) is 5.08. The lowest BCUT2D eigenvalue weighted by Gasteiger charge is -2.28. The van der Waals surface area contributed by atoms with E-state index in [4.69, 9.17) is 46.4 Å². The second kappa shape index (κ2) is 7.31. The van der Waals surface area contributed by atoms with Gasteiger partial charge >= 0.3 is 0 Å². The molecule has 0 spiro atoms. The molecule has 1 aliphatic heterocycles. The first kappa shape index (κ1) is 16.9. The summed E-state index contributed by atoms with van der Waals surface area (Å²) in [5.74, 6) is 0. The Morgan fingerprint density at radius 1 is 1.04 bits per heavy atom. The first-order valence-corrected chi connectivity index (χ1v) is 8.70. The zero-order chi connectivity index (χ0) is 16.4. The summed E-state index contributed by atoms with van der Waals surface area (Å²) in [5, 5.41) is 2.37. The van der Waals surface area contributed by atoms with Gasteiger partial charge in [0.15, 0.2) is 0 Å². The molecule has 120 valence electrons. The fraction of sp³-hybridized carbons (Fsp3) is 0.235. The summed E-state index contributed by atoms with van der Waals surface area (Å²) < 4.78 is 0. The predicted octanol–water partition coefficient (Wildman–Crippen LogP) is 5.93. The molecule has 0 fully saturated rings. The minimum Gasteiger partial charge on any atom is -0.354 e. The molecule has 2 aromatic rings. The van der Waals surface area contributed by atoms with E-state index < -0.39 is 0 Å². The lowest BCUT2D eigenvalue weighted by atomic mass is 9.97. The molecule has 1 heterocycles. The summed E-state index contributed by atoms with van der Waals surface area (Å²) >= 11 is 24.9. The maximum absolute atomic E-state index is 6.44. The Kier molecular flexibility index (Phi) is 5.38. The summed E-state index contributed by atoms with van der Waals surface area (Å²) in [6.07, 6.45) is 2.58. The quantitative estimate of drug-likeness (QED) is 0.634. The largest absolute Gasteiger partial charge is 0.354 e. The van der Waals surface area contributed by atoms with Crippen molar-refractivity contribution in [2.75, 3.05) is 13.1 Å². The second-order valence-corrected chi connectivity index (χ2v) is 7.06. The summed E-state index contributed by atoms with van der Waals surface area (Å²) in [7, 11) is 0. The highest BCUT2D eigenvalue weighted by molar-refractivity contribution is 6.42. The number of hydrogen-bond acceptors (Lipinski definition) is 2. The summed E-state index contributed by atoms with van der Waals surface area (Å²) in [6.45, 7) is 1.63. The van der Waals surface area contributed by atoms with Crippen LogP contribution < -0.4 is 0 Å². The topological polar surface area (TPSA) is 15.6 Å². The standard InChI is InChI=1S/C17H14Cl4N2/c18-12-6-11(7-13(19)9-12)8-16(23-5-4-22-10-23)14-2-1-3-15(20)17(14)21/h1-3,6-7,9-10,16H,4-5,8H2. The van der Waals surface area contributed by atoms with Crippen LogP contribution in [0.2, 0.25) is 20.1 Å². The zero-order valence-corrected chi connectivity index (χ0v) is 15.2.